The molecule has 0 fully saturated rings. The summed E-state index contributed by atoms with van der Waals surface area (Å²) in [5.41, 5.74) is 0.446. The molecule has 0 aliphatic heterocycles. The van der Waals surface area contributed by atoms with Gasteiger partial charge in [0.25, 0.3) is 0 Å². The van der Waals surface area contributed by atoms with Crippen molar-refractivity contribution in [2.75, 3.05) is 0 Å². The Morgan fingerprint density at radius 1 is 1.82 bits per heavy atom. The molecule has 1 aliphatic rings. The van der Waals surface area contributed by atoms with Crippen LogP contribution >= 0.6 is 0 Å². The molecule has 1 unspecified atom stereocenters. The van der Waals surface area contributed by atoms with Crippen LogP contribution in [-0.2, 0) is 9.68 Å². The summed E-state index contributed by atoms with van der Waals surface area (Å²) in [7, 11) is 0. The summed E-state index contributed by atoms with van der Waals surface area (Å²) < 4.78 is 0. The van der Waals surface area contributed by atoms with Gasteiger partial charge in [-0.3, -0.25) is 4.89 Å². The second-order valence-electron chi connectivity index (χ2n) is 2.93. The van der Waals surface area contributed by atoms with Gasteiger partial charge in [0.1, 0.15) is 5.41 Å². The largest absolute Gasteiger partial charge is 0.355 e. The minimum atomic E-state index is -0.552. The van der Waals surface area contributed by atoms with Crippen LogP contribution in [0.25, 0.3) is 0 Å². The van der Waals surface area contributed by atoms with Crippen molar-refractivity contribution in [1.82, 2.24) is 0 Å². The summed E-state index contributed by atoms with van der Waals surface area (Å²) in [6.07, 6.45) is 3.47. The molecule has 0 radical (unpaired) electrons. The van der Waals surface area contributed by atoms with E-state index in [0.29, 0.717) is 0 Å². The van der Waals surface area contributed by atoms with Gasteiger partial charge in [0.15, 0.2) is 0 Å². The topological polar surface area (TPSA) is 46.5 Å². The van der Waals surface area contributed by atoms with Crippen LogP contribution in [0.1, 0.15) is 26.7 Å². The van der Waals surface area contributed by atoms with Gasteiger partial charge in [-0.1, -0.05) is 25.0 Å². The molecule has 3 nitrogen and oxygen atoms in total. The van der Waals surface area contributed by atoms with Crippen molar-refractivity contribution in [3.05, 3.63) is 11.6 Å². The highest BCUT2D eigenvalue weighted by molar-refractivity contribution is 5.88. The molecule has 1 rings (SSSR count). The van der Waals surface area contributed by atoms with E-state index >= 15 is 0 Å². The lowest BCUT2D eigenvalue weighted by Crippen LogP contribution is -2.20. The van der Waals surface area contributed by atoms with Crippen molar-refractivity contribution in [3.63, 3.8) is 0 Å². The Balaban J connectivity index is 2.58. The molecule has 1 atom stereocenters. The molecule has 0 heterocycles. The van der Waals surface area contributed by atoms with Gasteiger partial charge in [-0.05, 0) is 13.3 Å². The Morgan fingerprint density at radius 3 is 2.64 bits per heavy atom. The number of carbonyl (C=O) groups excluding carboxylic acids is 1. The van der Waals surface area contributed by atoms with E-state index in [4.69, 9.17) is 5.26 Å². The van der Waals surface area contributed by atoms with E-state index in [1.807, 2.05) is 19.9 Å². The van der Waals surface area contributed by atoms with Gasteiger partial charge in [-0.2, -0.15) is 5.26 Å². The Bertz CT molecular complexity index is 207. The van der Waals surface area contributed by atoms with Crippen LogP contribution in [-0.4, -0.2) is 11.2 Å². The highest BCUT2D eigenvalue weighted by Gasteiger charge is 2.49. The zero-order valence-corrected chi connectivity index (χ0v) is 6.76. The van der Waals surface area contributed by atoms with Crippen LogP contribution in [0, 0.1) is 5.41 Å². The van der Waals surface area contributed by atoms with E-state index < -0.39 is 11.4 Å². The van der Waals surface area contributed by atoms with Crippen LogP contribution < -0.4 is 0 Å². The fourth-order valence-electron chi connectivity index (χ4n) is 1.40. The third kappa shape index (κ3) is 1.16. The third-order valence-electron chi connectivity index (χ3n) is 2.17. The number of carbonyl (C=O) groups is 1. The maximum atomic E-state index is 11.0. The monoisotopic (exact) mass is 156 g/mol. The standard InChI is InChI=1S/C8H12O3/c1-3-4-8(5-6(8)2)7(9)11-10/h5,10H,3-4H2,1-2H3. The molecular weight excluding hydrogens is 144 g/mol. The summed E-state index contributed by atoms with van der Waals surface area (Å²) in [6, 6.07) is 0. The molecule has 1 aliphatic carbocycles. The average molecular weight is 156 g/mol. The molecule has 0 spiro atoms. The SMILES string of the molecule is CCCC1(C(=O)OO)C=C1C. The van der Waals surface area contributed by atoms with Crippen LogP contribution in [0.4, 0.5) is 0 Å². The van der Waals surface area contributed by atoms with Gasteiger partial charge in [-0.25, -0.2) is 4.79 Å². The fraction of sp³-hybridized carbons (Fsp3) is 0.625. The molecule has 0 amide bonds. The molecule has 3 heteroatoms. The number of hydrogen-bond donors (Lipinski definition) is 1. The summed E-state index contributed by atoms with van der Waals surface area (Å²) in [4.78, 5) is 14.7. The van der Waals surface area contributed by atoms with Gasteiger partial charge in [-0.15, -0.1) is 0 Å². The number of rotatable bonds is 3. The Kier molecular flexibility index (Phi) is 2.00. The summed E-state index contributed by atoms with van der Waals surface area (Å²) in [6.45, 7) is 3.86. The zero-order valence-electron chi connectivity index (χ0n) is 6.76. The highest BCUT2D eigenvalue weighted by Crippen LogP contribution is 2.48. The lowest BCUT2D eigenvalue weighted by atomic mass is 9.95. The van der Waals surface area contributed by atoms with Crippen molar-refractivity contribution < 1.29 is 14.9 Å². The molecule has 11 heavy (non-hydrogen) atoms. The molecule has 0 aromatic heterocycles. The third-order valence-corrected chi connectivity index (χ3v) is 2.17. The first-order valence-corrected chi connectivity index (χ1v) is 3.73. The zero-order chi connectivity index (χ0) is 8.48. The molecule has 0 aromatic rings. The summed E-state index contributed by atoms with van der Waals surface area (Å²) in [5.74, 6) is -0.545. The Morgan fingerprint density at radius 2 is 2.36 bits per heavy atom. The summed E-state index contributed by atoms with van der Waals surface area (Å²) >= 11 is 0. The molecule has 1 N–H and O–H groups in total. The first kappa shape index (κ1) is 8.27. The quantitative estimate of drug-likeness (QED) is 0.384. The first-order valence-electron chi connectivity index (χ1n) is 3.73. The van der Waals surface area contributed by atoms with Gasteiger partial charge in [0, 0.05) is 0 Å². The van der Waals surface area contributed by atoms with Crippen LogP contribution in [0.5, 0.6) is 0 Å². The predicted octanol–water partition coefficient (Wildman–Crippen LogP) is 1.75. The minimum absolute atomic E-state index is 0.545. The molecule has 0 saturated heterocycles. The Hall–Kier alpha value is -0.830. The van der Waals surface area contributed by atoms with Crippen LogP contribution in [0.15, 0.2) is 11.6 Å². The smallest absolute Gasteiger partial charge is 0.300 e. The van der Waals surface area contributed by atoms with Crippen LogP contribution in [0.2, 0.25) is 0 Å². The second kappa shape index (κ2) is 2.66. The maximum absolute atomic E-state index is 11.0. The van der Waals surface area contributed by atoms with Crippen molar-refractivity contribution >= 4 is 5.97 Å². The summed E-state index contributed by atoms with van der Waals surface area (Å²) in [5, 5.41) is 8.17. The van der Waals surface area contributed by atoms with Gasteiger partial charge in [0.05, 0.1) is 0 Å². The lowest BCUT2D eigenvalue weighted by Gasteiger charge is -2.11. The first-order chi connectivity index (χ1) is 5.17. The van der Waals surface area contributed by atoms with E-state index in [-0.39, 0.29) is 0 Å². The fourth-order valence-corrected chi connectivity index (χ4v) is 1.40. The molecular formula is C8H12O3. The molecule has 62 valence electrons. The van der Waals surface area contributed by atoms with Crippen molar-refractivity contribution in [2.24, 2.45) is 5.41 Å². The van der Waals surface area contributed by atoms with Gasteiger partial charge < -0.3 is 0 Å². The average Bonchev–Trinajstić information content (AvgIpc) is 2.62. The predicted molar refractivity (Wildman–Crippen MR) is 39.8 cm³/mol. The maximum Gasteiger partial charge on any atom is 0.355 e. The van der Waals surface area contributed by atoms with Crippen molar-refractivity contribution in [3.8, 4) is 0 Å². The van der Waals surface area contributed by atoms with Gasteiger partial charge in [0.2, 0.25) is 0 Å². The number of hydrogen-bond acceptors (Lipinski definition) is 3. The Labute approximate surface area is 65.6 Å². The molecule has 0 bridgehead atoms. The normalized spacial score (nSPS) is 27.7. The molecule has 0 saturated carbocycles. The van der Waals surface area contributed by atoms with Crippen molar-refractivity contribution in [2.45, 2.75) is 26.7 Å². The second-order valence-corrected chi connectivity index (χ2v) is 2.93. The van der Waals surface area contributed by atoms with Crippen molar-refractivity contribution in [1.29, 1.82) is 0 Å². The van der Waals surface area contributed by atoms with E-state index in [2.05, 4.69) is 4.89 Å². The van der Waals surface area contributed by atoms with Crippen LogP contribution in [0.3, 0.4) is 0 Å². The van der Waals surface area contributed by atoms with Gasteiger partial charge >= 0.3 is 5.97 Å². The van der Waals surface area contributed by atoms with E-state index in [0.717, 1.165) is 18.4 Å². The van der Waals surface area contributed by atoms with E-state index in [1.165, 1.54) is 0 Å². The minimum Gasteiger partial charge on any atom is -0.300 e. The molecule has 0 aromatic carbocycles. The lowest BCUT2D eigenvalue weighted by molar-refractivity contribution is -0.240. The highest BCUT2D eigenvalue weighted by atomic mass is 17.1. The van der Waals surface area contributed by atoms with E-state index in [1.54, 1.807) is 0 Å². The van der Waals surface area contributed by atoms with E-state index in [9.17, 15) is 4.79 Å².